The smallest absolute Gasteiger partial charge is 0.0541 e. The predicted molar refractivity (Wildman–Crippen MR) is 238 cm³/mol. The van der Waals surface area contributed by atoms with E-state index in [1.54, 1.807) is 0 Å². The summed E-state index contributed by atoms with van der Waals surface area (Å²) in [6.45, 7) is 0. The van der Waals surface area contributed by atoms with Crippen molar-refractivity contribution < 1.29 is 0 Å². The lowest BCUT2D eigenvalue weighted by Gasteiger charge is -2.12. The topological polar surface area (TPSA) is 9.86 Å². The van der Waals surface area contributed by atoms with Crippen molar-refractivity contribution in [3.05, 3.63) is 212 Å². The summed E-state index contributed by atoms with van der Waals surface area (Å²) in [6.07, 6.45) is 8.88. The molecule has 0 N–H and O–H groups in total. The summed E-state index contributed by atoms with van der Waals surface area (Å²) in [5, 5.41) is 5.02. The monoisotopic (exact) mass is 714 g/mol. The fourth-order valence-electron chi connectivity index (χ4n) is 8.84. The number of hydrogen-bond donors (Lipinski definition) is 0. The lowest BCUT2D eigenvalue weighted by molar-refractivity contribution is 1.05. The summed E-state index contributed by atoms with van der Waals surface area (Å²) in [6, 6.07) is 69.1. The summed E-state index contributed by atoms with van der Waals surface area (Å²) < 4.78 is 4.82. The zero-order valence-electron chi connectivity index (χ0n) is 30.9. The quantitative estimate of drug-likeness (QED) is 0.162. The zero-order chi connectivity index (χ0) is 37.0. The van der Waals surface area contributed by atoms with E-state index >= 15 is 0 Å². The van der Waals surface area contributed by atoms with Crippen molar-refractivity contribution in [2.75, 3.05) is 0 Å². The van der Waals surface area contributed by atoms with Crippen molar-refractivity contribution in [1.82, 2.24) is 9.13 Å². The van der Waals surface area contributed by atoms with Crippen molar-refractivity contribution in [1.29, 1.82) is 0 Å². The van der Waals surface area contributed by atoms with E-state index in [0.717, 1.165) is 24.2 Å². The normalized spacial score (nSPS) is 12.9. The van der Waals surface area contributed by atoms with Gasteiger partial charge in [-0.15, -0.1) is 0 Å². The Hall–Kier alpha value is -7.16. The molecule has 0 bridgehead atoms. The van der Waals surface area contributed by atoms with Crippen LogP contribution in [-0.4, -0.2) is 9.13 Å². The SMILES string of the molecule is C1=CCCC(c2ccc(-c3ccc(-n4c5ccccc5c5cc(-c6ccc7c(c6)c6ccccc6n7-c6cccc(-c7ccccc7)c6)ccc54)cc3)cc2)=C1. The van der Waals surface area contributed by atoms with Crippen LogP contribution in [0.3, 0.4) is 0 Å². The first kappa shape index (κ1) is 32.3. The van der Waals surface area contributed by atoms with Gasteiger partial charge in [-0.25, -0.2) is 0 Å². The minimum Gasteiger partial charge on any atom is -0.309 e. The van der Waals surface area contributed by atoms with E-state index in [1.807, 2.05) is 0 Å². The maximum Gasteiger partial charge on any atom is 0.0541 e. The molecule has 2 nitrogen and oxygen atoms in total. The fraction of sp³-hybridized carbons (Fsp3) is 0.0370. The molecule has 0 spiro atoms. The first-order chi connectivity index (χ1) is 27.8. The van der Waals surface area contributed by atoms with E-state index in [4.69, 9.17) is 0 Å². The van der Waals surface area contributed by atoms with Gasteiger partial charge < -0.3 is 9.13 Å². The Kier molecular flexibility index (Phi) is 7.67. The largest absolute Gasteiger partial charge is 0.309 e. The number of hydrogen-bond acceptors (Lipinski definition) is 0. The zero-order valence-corrected chi connectivity index (χ0v) is 30.9. The molecule has 2 heteroatoms. The number of aromatic nitrogens is 2. The van der Waals surface area contributed by atoms with Gasteiger partial charge in [0, 0.05) is 32.9 Å². The second kappa shape index (κ2) is 13.3. The van der Waals surface area contributed by atoms with Crippen molar-refractivity contribution in [2.24, 2.45) is 0 Å². The average Bonchev–Trinajstić information content (AvgIpc) is 3.79. The van der Waals surface area contributed by atoms with Crippen LogP contribution in [0.2, 0.25) is 0 Å². The van der Waals surface area contributed by atoms with E-state index < -0.39 is 0 Å². The van der Waals surface area contributed by atoms with Gasteiger partial charge in [0.25, 0.3) is 0 Å². The van der Waals surface area contributed by atoms with Crippen LogP contribution in [0.4, 0.5) is 0 Å². The summed E-state index contributed by atoms with van der Waals surface area (Å²) in [7, 11) is 0. The maximum absolute atomic E-state index is 2.41. The Morgan fingerprint density at radius 3 is 1.43 bits per heavy atom. The van der Waals surface area contributed by atoms with Crippen LogP contribution in [0.5, 0.6) is 0 Å². The van der Waals surface area contributed by atoms with Crippen LogP contribution >= 0.6 is 0 Å². The molecule has 0 radical (unpaired) electrons. The van der Waals surface area contributed by atoms with Gasteiger partial charge in [0.15, 0.2) is 0 Å². The van der Waals surface area contributed by atoms with Crippen LogP contribution in [0.25, 0.3) is 93.9 Å². The standard InChI is InChI=1S/C54H38N2/c1-3-12-37(13-4-1)39-22-24-40(25-23-39)41-26-30-45(31-27-41)55-51-20-9-7-18-47(51)49-35-43(28-32-53(49)55)44-29-33-54-50(36-44)48-19-8-10-21-52(48)56(54)46-17-11-16-42(34-46)38-14-5-2-6-15-38/h1-3,5-12,14-36H,4,13H2. The van der Waals surface area contributed by atoms with Gasteiger partial charge in [-0.2, -0.15) is 0 Å². The Morgan fingerprint density at radius 2 is 0.804 bits per heavy atom. The van der Waals surface area contributed by atoms with Crippen LogP contribution in [0.15, 0.2) is 206 Å². The molecule has 11 rings (SSSR count). The molecule has 10 aromatic rings. The van der Waals surface area contributed by atoms with E-state index in [0.29, 0.717) is 0 Å². The van der Waals surface area contributed by atoms with Crippen LogP contribution in [0.1, 0.15) is 18.4 Å². The highest BCUT2D eigenvalue weighted by Gasteiger charge is 2.17. The van der Waals surface area contributed by atoms with Gasteiger partial charge >= 0.3 is 0 Å². The maximum atomic E-state index is 2.41. The first-order valence-electron chi connectivity index (χ1n) is 19.6. The number of rotatable bonds is 6. The molecule has 1 aliphatic carbocycles. The molecule has 0 atom stereocenters. The fourth-order valence-corrected chi connectivity index (χ4v) is 8.84. The van der Waals surface area contributed by atoms with Crippen LogP contribution in [0, 0.1) is 0 Å². The summed E-state index contributed by atoms with van der Waals surface area (Å²) in [4.78, 5) is 0. The molecule has 0 saturated heterocycles. The first-order valence-corrected chi connectivity index (χ1v) is 19.6. The second-order valence-electron chi connectivity index (χ2n) is 14.9. The molecular weight excluding hydrogens is 677 g/mol. The van der Waals surface area contributed by atoms with E-state index in [2.05, 4.69) is 215 Å². The lowest BCUT2D eigenvalue weighted by atomic mass is 9.95. The van der Waals surface area contributed by atoms with Gasteiger partial charge in [0.05, 0.1) is 22.1 Å². The molecule has 2 aromatic heterocycles. The van der Waals surface area contributed by atoms with Gasteiger partial charge in [-0.1, -0.05) is 146 Å². The molecule has 264 valence electrons. The molecule has 0 saturated carbocycles. The third-order valence-corrected chi connectivity index (χ3v) is 11.6. The molecule has 56 heavy (non-hydrogen) atoms. The molecule has 0 unspecified atom stereocenters. The summed E-state index contributed by atoms with van der Waals surface area (Å²) >= 11 is 0. The predicted octanol–water partition coefficient (Wildman–Crippen LogP) is 14.6. The van der Waals surface area contributed by atoms with Gasteiger partial charge in [-0.05, 0) is 118 Å². The van der Waals surface area contributed by atoms with Crippen LogP contribution in [-0.2, 0) is 0 Å². The number of nitrogens with zero attached hydrogens (tertiary/aromatic N) is 2. The summed E-state index contributed by atoms with van der Waals surface area (Å²) in [5.41, 5.74) is 17.2. The number of benzene rings is 8. The minimum absolute atomic E-state index is 1.11. The number of allylic oxidation sites excluding steroid dienone is 4. The number of para-hydroxylation sites is 2. The van der Waals surface area contributed by atoms with Gasteiger partial charge in [0.2, 0.25) is 0 Å². The highest BCUT2D eigenvalue weighted by atomic mass is 15.0. The van der Waals surface area contributed by atoms with E-state index in [9.17, 15) is 0 Å². The number of fused-ring (bicyclic) bond motifs is 6. The Balaban J connectivity index is 0.976. The van der Waals surface area contributed by atoms with Crippen LogP contribution < -0.4 is 0 Å². The Bertz CT molecular complexity index is 3150. The highest BCUT2D eigenvalue weighted by Crippen LogP contribution is 2.39. The molecular formula is C54H38N2. The van der Waals surface area contributed by atoms with E-state index in [1.165, 1.54) is 88.1 Å². The van der Waals surface area contributed by atoms with Gasteiger partial charge in [-0.3, -0.25) is 0 Å². The Morgan fingerprint density at radius 1 is 0.321 bits per heavy atom. The van der Waals surface area contributed by atoms with Gasteiger partial charge in [0.1, 0.15) is 0 Å². The molecule has 0 fully saturated rings. The summed E-state index contributed by atoms with van der Waals surface area (Å²) in [5.74, 6) is 0. The van der Waals surface area contributed by atoms with Crippen molar-refractivity contribution in [3.63, 3.8) is 0 Å². The Labute approximate surface area is 326 Å². The molecule has 0 amide bonds. The van der Waals surface area contributed by atoms with Crippen molar-refractivity contribution in [2.45, 2.75) is 12.8 Å². The average molecular weight is 715 g/mol. The van der Waals surface area contributed by atoms with E-state index in [-0.39, 0.29) is 0 Å². The minimum atomic E-state index is 1.11. The second-order valence-corrected chi connectivity index (χ2v) is 14.9. The van der Waals surface area contributed by atoms with Crippen molar-refractivity contribution >= 4 is 49.2 Å². The highest BCUT2D eigenvalue weighted by molar-refractivity contribution is 6.12. The molecule has 2 heterocycles. The molecule has 1 aliphatic rings. The lowest BCUT2D eigenvalue weighted by Crippen LogP contribution is -1.94. The van der Waals surface area contributed by atoms with Crippen molar-refractivity contribution in [3.8, 4) is 44.8 Å². The third-order valence-electron chi connectivity index (χ3n) is 11.6. The third kappa shape index (κ3) is 5.41. The molecule has 8 aromatic carbocycles. The molecule has 0 aliphatic heterocycles.